The Balaban J connectivity index is 1.99. The minimum atomic E-state index is -0.543. The lowest BCUT2D eigenvalue weighted by Crippen LogP contribution is -2.27. The number of benzene rings is 1. The maximum absolute atomic E-state index is 13.2. The van der Waals surface area contributed by atoms with Crippen molar-refractivity contribution < 1.29 is 9.18 Å². The molecule has 1 saturated carbocycles. The third-order valence-electron chi connectivity index (χ3n) is 3.20. The van der Waals surface area contributed by atoms with Gasteiger partial charge in [-0.1, -0.05) is 19.4 Å². The van der Waals surface area contributed by atoms with Gasteiger partial charge in [-0.15, -0.1) is 0 Å². The molecule has 1 fully saturated rings. The van der Waals surface area contributed by atoms with Crippen LogP contribution in [0.2, 0.25) is 0 Å². The normalized spacial score (nSPS) is 22.2. The summed E-state index contributed by atoms with van der Waals surface area (Å²) in [6.07, 6.45) is 3.28. The molecule has 0 bridgehead atoms. The van der Waals surface area contributed by atoms with Crippen molar-refractivity contribution in [3.63, 3.8) is 0 Å². The van der Waals surface area contributed by atoms with Gasteiger partial charge in [-0.25, -0.2) is 4.39 Å². The number of carbonyl (C=O) groups is 1. The predicted octanol–water partition coefficient (Wildman–Crippen LogP) is 2.33. The van der Waals surface area contributed by atoms with Crippen LogP contribution in [0.3, 0.4) is 0 Å². The van der Waals surface area contributed by atoms with E-state index in [1.54, 1.807) is 6.07 Å². The molecule has 0 saturated heterocycles. The molecule has 2 rings (SSSR count). The number of hydrogen-bond donors (Lipinski definition) is 2. The summed E-state index contributed by atoms with van der Waals surface area (Å²) in [5, 5.41) is 2.89. The van der Waals surface area contributed by atoms with Gasteiger partial charge in [0.2, 0.25) is 0 Å². The average Bonchev–Trinajstić information content (AvgIpc) is 3.01. The van der Waals surface area contributed by atoms with Crippen molar-refractivity contribution in [3.8, 4) is 0 Å². The van der Waals surface area contributed by atoms with E-state index in [4.69, 9.17) is 5.73 Å². The summed E-state index contributed by atoms with van der Waals surface area (Å²) in [4.78, 5) is 11.9. The van der Waals surface area contributed by atoms with Crippen LogP contribution in [0.4, 0.5) is 10.1 Å². The molecule has 1 aromatic rings. The lowest BCUT2D eigenvalue weighted by atomic mass is 10.1. The quantitative estimate of drug-likeness (QED) is 0.788. The monoisotopic (exact) mass is 236 g/mol. The van der Waals surface area contributed by atoms with Gasteiger partial charge in [0.15, 0.2) is 0 Å². The third kappa shape index (κ3) is 2.57. The largest absolute Gasteiger partial charge is 0.396 e. The molecule has 0 heterocycles. The molecule has 2 atom stereocenters. The molecule has 0 aliphatic heterocycles. The molecular weight excluding hydrogens is 219 g/mol. The highest BCUT2D eigenvalue weighted by Crippen LogP contribution is 2.34. The highest BCUT2D eigenvalue weighted by atomic mass is 19.1. The number of nitrogen functional groups attached to an aromatic ring is 1. The van der Waals surface area contributed by atoms with Gasteiger partial charge in [0, 0.05) is 6.04 Å². The molecule has 3 N–H and O–H groups in total. The van der Waals surface area contributed by atoms with Crippen LogP contribution in [0.25, 0.3) is 0 Å². The Morgan fingerprint density at radius 2 is 2.35 bits per heavy atom. The van der Waals surface area contributed by atoms with Crippen LogP contribution in [-0.2, 0) is 0 Å². The fraction of sp³-hybridized carbons (Fsp3) is 0.462. The first-order chi connectivity index (χ1) is 8.13. The second-order valence-electron chi connectivity index (χ2n) is 4.57. The van der Waals surface area contributed by atoms with Crippen LogP contribution in [-0.4, -0.2) is 11.9 Å². The molecule has 92 valence electrons. The summed E-state index contributed by atoms with van der Waals surface area (Å²) in [5.74, 6) is -0.233. The molecule has 4 heteroatoms. The van der Waals surface area contributed by atoms with Crippen molar-refractivity contribution in [1.82, 2.24) is 5.32 Å². The highest BCUT2D eigenvalue weighted by Gasteiger charge is 2.37. The Hall–Kier alpha value is -1.58. The summed E-state index contributed by atoms with van der Waals surface area (Å²) >= 11 is 0. The zero-order valence-corrected chi connectivity index (χ0v) is 9.87. The van der Waals surface area contributed by atoms with Crippen LogP contribution < -0.4 is 11.1 Å². The summed E-state index contributed by atoms with van der Waals surface area (Å²) < 4.78 is 13.2. The molecule has 2 unspecified atom stereocenters. The van der Waals surface area contributed by atoms with Crippen molar-refractivity contribution in [2.45, 2.75) is 32.2 Å². The van der Waals surface area contributed by atoms with E-state index in [1.165, 1.54) is 12.1 Å². The van der Waals surface area contributed by atoms with Gasteiger partial charge in [-0.3, -0.25) is 4.79 Å². The molecule has 1 aromatic carbocycles. The molecule has 0 aromatic heterocycles. The van der Waals surface area contributed by atoms with E-state index >= 15 is 0 Å². The SMILES string of the molecule is CCCC1CC1NC(=O)c1cccc(F)c1N. The van der Waals surface area contributed by atoms with E-state index in [2.05, 4.69) is 12.2 Å². The third-order valence-corrected chi connectivity index (χ3v) is 3.20. The number of hydrogen-bond acceptors (Lipinski definition) is 2. The number of amides is 1. The van der Waals surface area contributed by atoms with Crippen LogP contribution in [0.1, 0.15) is 36.5 Å². The maximum Gasteiger partial charge on any atom is 0.253 e. The summed E-state index contributed by atoms with van der Waals surface area (Å²) in [5.41, 5.74) is 5.69. The Kier molecular flexibility index (Phi) is 3.31. The van der Waals surface area contributed by atoms with Crippen LogP contribution in [0, 0.1) is 11.7 Å². The number of anilines is 1. The number of rotatable bonds is 4. The second-order valence-corrected chi connectivity index (χ2v) is 4.57. The molecule has 1 amide bonds. The fourth-order valence-corrected chi connectivity index (χ4v) is 2.10. The maximum atomic E-state index is 13.2. The number of nitrogens with one attached hydrogen (secondary N) is 1. The van der Waals surface area contributed by atoms with Crippen molar-refractivity contribution in [2.24, 2.45) is 5.92 Å². The molecule has 0 radical (unpaired) electrons. The molecule has 1 aliphatic rings. The molecular formula is C13H17FN2O. The summed E-state index contributed by atoms with van der Waals surface area (Å²) in [6, 6.07) is 4.54. The Bertz CT molecular complexity index is 433. The first kappa shape index (κ1) is 11.9. The standard InChI is InChI=1S/C13H17FN2O/c1-2-4-8-7-11(8)16-13(17)9-5-3-6-10(14)12(9)15/h3,5-6,8,11H,2,4,7,15H2,1H3,(H,16,17). The smallest absolute Gasteiger partial charge is 0.253 e. The van der Waals surface area contributed by atoms with Crippen LogP contribution in [0.15, 0.2) is 18.2 Å². The van der Waals surface area contributed by atoms with Gasteiger partial charge >= 0.3 is 0 Å². The topological polar surface area (TPSA) is 55.1 Å². The highest BCUT2D eigenvalue weighted by molar-refractivity contribution is 5.99. The molecule has 1 aliphatic carbocycles. The molecule has 3 nitrogen and oxygen atoms in total. The lowest BCUT2D eigenvalue weighted by molar-refractivity contribution is 0.0949. The van der Waals surface area contributed by atoms with E-state index in [0.29, 0.717) is 5.92 Å². The van der Waals surface area contributed by atoms with E-state index < -0.39 is 5.82 Å². The minimum absolute atomic E-state index is 0.0716. The van der Waals surface area contributed by atoms with Gasteiger partial charge in [0.05, 0.1) is 11.3 Å². The predicted molar refractivity (Wildman–Crippen MR) is 65.1 cm³/mol. The summed E-state index contributed by atoms with van der Waals surface area (Å²) in [7, 11) is 0. The first-order valence-electron chi connectivity index (χ1n) is 5.98. The van der Waals surface area contributed by atoms with Gasteiger partial charge in [0.25, 0.3) is 5.91 Å². The Morgan fingerprint density at radius 1 is 1.59 bits per heavy atom. The number of para-hydroxylation sites is 1. The lowest BCUT2D eigenvalue weighted by Gasteiger charge is -2.07. The van der Waals surface area contributed by atoms with Crippen molar-refractivity contribution in [2.75, 3.05) is 5.73 Å². The Morgan fingerprint density at radius 3 is 3.06 bits per heavy atom. The number of nitrogens with two attached hydrogens (primary N) is 1. The summed E-state index contributed by atoms with van der Waals surface area (Å²) in [6.45, 7) is 2.13. The molecule has 0 spiro atoms. The fourth-order valence-electron chi connectivity index (χ4n) is 2.10. The number of halogens is 1. The van der Waals surface area contributed by atoms with Crippen molar-refractivity contribution in [3.05, 3.63) is 29.6 Å². The van der Waals surface area contributed by atoms with Crippen LogP contribution in [0.5, 0.6) is 0 Å². The molecule has 17 heavy (non-hydrogen) atoms. The average molecular weight is 236 g/mol. The van der Waals surface area contributed by atoms with E-state index in [0.717, 1.165) is 19.3 Å². The van der Waals surface area contributed by atoms with E-state index in [1.807, 2.05) is 0 Å². The minimum Gasteiger partial charge on any atom is -0.396 e. The second kappa shape index (κ2) is 4.73. The van der Waals surface area contributed by atoms with Gasteiger partial charge in [-0.2, -0.15) is 0 Å². The zero-order chi connectivity index (χ0) is 12.4. The van der Waals surface area contributed by atoms with Crippen molar-refractivity contribution >= 4 is 11.6 Å². The van der Waals surface area contributed by atoms with Gasteiger partial charge in [0.1, 0.15) is 5.82 Å². The van der Waals surface area contributed by atoms with E-state index in [9.17, 15) is 9.18 Å². The number of carbonyl (C=O) groups excluding carboxylic acids is 1. The Labute approximate surface area is 100 Å². The van der Waals surface area contributed by atoms with Gasteiger partial charge in [-0.05, 0) is 30.9 Å². The first-order valence-corrected chi connectivity index (χ1v) is 5.98. The van der Waals surface area contributed by atoms with Crippen LogP contribution >= 0.6 is 0 Å². The van der Waals surface area contributed by atoms with E-state index in [-0.39, 0.29) is 23.2 Å². The zero-order valence-electron chi connectivity index (χ0n) is 9.87. The van der Waals surface area contributed by atoms with Crippen molar-refractivity contribution in [1.29, 1.82) is 0 Å². The van der Waals surface area contributed by atoms with Gasteiger partial charge < -0.3 is 11.1 Å².